The van der Waals surface area contributed by atoms with Crippen molar-refractivity contribution in [2.45, 2.75) is 19.0 Å². The van der Waals surface area contributed by atoms with E-state index in [2.05, 4.69) is 43.4 Å². The molecule has 1 aromatic heterocycles. The molecule has 25 heavy (non-hydrogen) atoms. The first-order chi connectivity index (χ1) is 12.1. The number of thioether (sulfide) groups is 1. The quantitative estimate of drug-likeness (QED) is 0.461. The van der Waals surface area contributed by atoms with Gasteiger partial charge in [-0.2, -0.15) is 4.68 Å². The molecule has 3 aromatic rings. The fraction of sp³-hybridized carbons (Fsp3) is 0.176. The van der Waals surface area contributed by atoms with Gasteiger partial charge in [-0.1, -0.05) is 42.1 Å². The average molecular weight is 465 g/mol. The number of aromatic nitrogens is 4. The summed E-state index contributed by atoms with van der Waals surface area (Å²) in [5, 5.41) is 15.4. The van der Waals surface area contributed by atoms with Gasteiger partial charge in [0.05, 0.1) is 17.1 Å². The standard InChI is InChI=1S/C17H16IN5OS/c1-11-6-5-7-12(2)16(11)23-17(20-21-22-23)25-10-15(24)19-14-9-4-3-8-13(14)18/h3-9H,10H2,1-2H3,(H,19,24). The van der Waals surface area contributed by atoms with Gasteiger partial charge in [0.15, 0.2) is 0 Å². The number of tetrazole rings is 1. The largest absolute Gasteiger partial charge is 0.324 e. The molecule has 0 saturated heterocycles. The number of hydrogen-bond acceptors (Lipinski definition) is 5. The van der Waals surface area contributed by atoms with E-state index in [9.17, 15) is 4.79 Å². The lowest BCUT2D eigenvalue weighted by Crippen LogP contribution is -2.15. The molecule has 128 valence electrons. The molecule has 0 aliphatic carbocycles. The third-order valence-electron chi connectivity index (χ3n) is 3.57. The minimum atomic E-state index is -0.0924. The average Bonchev–Trinajstić information content (AvgIpc) is 3.03. The van der Waals surface area contributed by atoms with Gasteiger partial charge in [-0.25, -0.2) is 0 Å². The van der Waals surface area contributed by atoms with E-state index in [4.69, 9.17) is 0 Å². The zero-order valence-electron chi connectivity index (χ0n) is 13.7. The minimum absolute atomic E-state index is 0.0924. The first-order valence-electron chi connectivity index (χ1n) is 7.58. The summed E-state index contributed by atoms with van der Waals surface area (Å²) in [6.45, 7) is 4.03. The number of hydrogen-bond donors (Lipinski definition) is 1. The molecule has 0 atom stereocenters. The molecule has 1 heterocycles. The smallest absolute Gasteiger partial charge is 0.234 e. The summed E-state index contributed by atoms with van der Waals surface area (Å²) in [6.07, 6.45) is 0. The monoisotopic (exact) mass is 465 g/mol. The van der Waals surface area contributed by atoms with Gasteiger partial charge in [0.2, 0.25) is 11.1 Å². The Labute approximate surface area is 163 Å². The molecular formula is C17H16IN5OS. The molecule has 0 aliphatic heterocycles. The van der Waals surface area contributed by atoms with E-state index in [0.29, 0.717) is 5.16 Å². The highest BCUT2D eigenvalue weighted by molar-refractivity contribution is 14.1. The molecule has 3 rings (SSSR count). The maximum Gasteiger partial charge on any atom is 0.234 e. The van der Waals surface area contributed by atoms with Crippen LogP contribution >= 0.6 is 34.4 Å². The number of para-hydroxylation sites is 2. The Hall–Kier alpha value is -1.94. The van der Waals surface area contributed by atoms with Crippen molar-refractivity contribution in [1.82, 2.24) is 20.2 Å². The van der Waals surface area contributed by atoms with Crippen LogP contribution in [0.5, 0.6) is 0 Å². The Morgan fingerprint density at radius 2 is 1.88 bits per heavy atom. The topological polar surface area (TPSA) is 72.7 Å². The van der Waals surface area contributed by atoms with Crippen molar-refractivity contribution in [3.8, 4) is 5.69 Å². The van der Waals surface area contributed by atoms with Crippen molar-refractivity contribution in [3.05, 3.63) is 57.2 Å². The summed E-state index contributed by atoms with van der Waals surface area (Å²) < 4.78 is 2.69. The van der Waals surface area contributed by atoms with Gasteiger partial charge in [0.25, 0.3) is 0 Å². The molecule has 8 heteroatoms. The van der Waals surface area contributed by atoms with Gasteiger partial charge in [-0.3, -0.25) is 4.79 Å². The molecule has 0 aliphatic rings. The second-order valence-electron chi connectivity index (χ2n) is 5.43. The maximum atomic E-state index is 12.2. The van der Waals surface area contributed by atoms with Crippen molar-refractivity contribution in [1.29, 1.82) is 0 Å². The summed E-state index contributed by atoms with van der Waals surface area (Å²) in [5.74, 6) is 0.140. The molecule has 1 amide bonds. The molecule has 0 unspecified atom stereocenters. The number of nitrogens with zero attached hydrogens (tertiary/aromatic N) is 4. The molecule has 1 N–H and O–H groups in total. The summed E-state index contributed by atoms with van der Waals surface area (Å²) >= 11 is 3.51. The van der Waals surface area contributed by atoms with Crippen LogP contribution in [0, 0.1) is 17.4 Å². The highest BCUT2D eigenvalue weighted by Crippen LogP contribution is 2.24. The Kier molecular flexibility index (Phi) is 5.69. The number of amides is 1. The van der Waals surface area contributed by atoms with Crippen molar-refractivity contribution in [2.75, 3.05) is 11.1 Å². The molecule has 0 bridgehead atoms. The predicted molar refractivity (Wildman–Crippen MR) is 107 cm³/mol. The molecule has 0 fully saturated rings. The first kappa shape index (κ1) is 17.9. The molecule has 0 radical (unpaired) electrons. The van der Waals surface area contributed by atoms with Crippen LogP contribution in [0.4, 0.5) is 5.69 Å². The van der Waals surface area contributed by atoms with Gasteiger partial charge in [-0.15, -0.1) is 5.10 Å². The Bertz CT molecular complexity index is 891. The normalized spacial score (nSPS) is 10.7. The van der Waals surface area contributed by atoms with Crippen LogP contribution in [-0.2, 0) is 4.79 Å². The van der Waals surface area contributed by atoms with E-state index in [0.717, 1.165) is 26.1 Å². The summed E-state index contributed by atoms with van der Waals surface area (Å²) in [6, 6.07) is 13.7. The van der Waals surface area contributed by atoms with Gasteiger partial charge in [-0.05, 0) is 70.1 Å². The number of rotatable bonds is 5. The number of anilines is 1. The number of carbonyl (C=O) groups is 1. The van der Waals surface area contributed by atoms with Gasteiger partial charge in [0, 0.05) is 3.57 Å². The zero-order valence-corrected chi connectivity index (χ0v) is 16.7. The third-order valence-corrected chi connectivity index (χ3v) is 5.43. The first-order valence-corrected chi connectivity index (χ1v) is 9.65. The van der Waals surface area contributed by atoms with Crippen LogP contribution in [0.3, 0.4) is 0 Å². The Morgan fingerprint density at radius 1 is 1.16 bits per heavy atom. The second kappa shape index (κ2) is 7.96. The fourth-order valence-corrected chi connectivity index (χ4v) is 3.63. The molecule has 2 aromatic carbocycles. The lowest BCUT2D eigenvalue weighted by molar-refractivity contribution is -0.113. The van der Waals surface area contributed by atoms with Crippen molar-refractivity contribution in [3.63, 3.8) is 0 Å². The van der Waals surface area contributed by atoms with E-state index in [1.165, 1.54) is 11.8 Å². The van der Waals surface area contributed by atoms with Crippen molar-refractivity contribution in [2.24, 2.45) is 0 Å². The Balaban J connectivity index is 1.72. The van der Waals surface area contributed by atoms with Crippen molar-refractivity contribution >= 4 is 45.9 Å². The van der Waals surface area contributed by atoms with Crippen LogP contribution < -0.4 is 5.32 Å². The van der Waals surface area contributed by atoms with Crippen molar-refractivity contribution < 1.29 is 4.79 Å². The molecular weight excluding hydrogens is 449 g/mol. The predicted octanol–water partition coefficient (Wildman–Crippen LogP) is 3.61. The molecule has 6 nitrogen and oxygen atoms in total. The maximum absolute atomic E-state index is 12.2. The van der Waals surface area contributed by atoms with Crippen LogP contribution in [-0.4, -0.2) is 31.9 Å². The fourth-order valence-electron chi connectivity index (χ4n) is 2.43. The van der Waals surface area contributed by atoms with Gasteiger partial charge >= 0.3 is 0 Å². The van der Waals surface area contributed by atoms with E-state index in [1.54, 1.807) is 4.68 Å². The lowest BCUT2D eigenvalue weighted by atomic mass is 10.1. The third kappa shape index (κ3) is 4.18. The zero-order chi connectivity index (χ0) is 17.8. The minimum Gasteiger partial charge on any atom is -0.324 e. The highest BCUT2D eigenvalue weighted by Gasteiger charge is 2.15. The second-order valence-corrected chi connectivity index (χ2v) is 7.54. The number of halogens is 1. The summed E-state index contributed by atoms with van der Waals surface area (Å²) in [7, 11) is 0. The lowest BCUT2D eigenvalue weighted by Gasteiger charge is -2.10. The van der Waals surface area contributed by atoms with E-state index >= 15 is 0 Å². The summed E-state index contributed by atoms with van der Waals surface area (Å²) in [4.78, 5) is 12.2. The molecule has 0 spiro atoms. The van der Waals surface area contributed by atoms with E-state index in [1.807, 2.05) is 56.3 Å². The SMILES string of the molecule is Cc1cccc(C)c1-n1nnnc1SCC(=O)Nc1ccccc1I. The van der Waals surface area contributed by atoms with Crippen LogP contribution in [0.25, 0.3) is 5.69 Å². The van der Waals surface area contributed by atoms with Gasteiger partial charge in [0.1, 0.15) is 0 Å². The number of aryl methyl sites for hydroxylation is 2. The van der Waals surface area contributed by atoms with Crippen LogP contribution in [0.1, 0.15) is 11.1 Å². The molecule has 0 saturated carbocycles. The van der Waals surface area contributed by atoms with E-state index in [-0.39, 0.29) is 11.7 Å². The summed E-state index contributed by atoms with van der Waals surface area (Å²) in [5.41, 5.74) is 3.92. The van der Waals surface area contributed by atoms with Crippen LogP contribution in [0.15, 0.2) is 47.6 Å². The highest BCUT2D eigenvalue weighted by atomic mass is 127. The Morgan fingerprint density at radius 3 is 2.60 bits per heavy atom. The number of nitrogens with one attached hydrogen (secondary N) is 1. The number of benzene rings is 2. The number of carbonyl (C=O) groups excluding carboxylic acids is 1. The van der Waals surface area contributed by atoms with Crippen LogP contribution in [0.2, 0.25) is 0 Å². The van der Waals surface area contributed by atoms with E-state index < -0.39 is 0 Å². The van der Waals surface area contributed by atoms with Gasteiger partial charge < -0.3 is 5.32 Å².